The van der Waals surface area contributed by atoms with Crippen LogP contribution >= 0.6 is 0 Å². The monoisotopic (exact) mass is 240 g/mol. The van der Waals surface area contributed by atoms with Crippen molar-refractivity contribution in [3.8, 4) is 5.75 Å². The smallest absolute Gasteiger partial charge is 0.143 e. The third kappa shape index (κ3) is 4.13. The van der Waals surface area contributed by atoms with Gasteiger partial charge in [-0.15, -0.1) is 0 Å². The summed E-state index contributed by atoms with van der Waals surface area (Å²) in [6.07, 6.45) is 0.626. The summed E-state index contributed by atoms with van der Waals surface area (Å²) in [7, 11) is 3.21. The fourth-order valence-corrected chi connectivity index (χ4v) is 1.59. The van der Waals surface area contributed by atoms with Gasteiger partial charge in [0.25, 0.3) is 0 Å². The number of hydrogen-bond donors (Lipinski definition) is 3. The van der Waals surface area contributed by atoms with Crippen LogP contribution in [0.1, 0.15) is 6.42 Å². The number of nitrogens with one attached hydrogen (secondary N) is 1. The molecule has 0 heterocycles. The maximum atomic E-state index is 8.95. The summed E-state index contributed by atoms with van der Waals surface area (Å²) in [5.41, 5.74) is 7.23. The van der Waals surface area contributed by atoms with Crippen molar-refractivity contribution in [3.05, 3.63) is 18.2 Å². The predicted octanol–water partition coefficient (Wildman–Crippen LogP) is 1.09. The Balaban J connectivity index is 2.71. The molecule has 96 valence electrons. The van der Waals surface area contributed by atoms with Gasteiger partial charge >= 0.3 is 0 Å². The van der Waals surface area contributed by atoms with Gasteiger partial charge in [-0.1, -0.05) is 0 Å². The first-order valence-electron chi connectivity index (χ1n) is 5.51. The van der Waals surface area contributed by atoms with Crippen LogP contribution in [0.3, 0.4) is 0 Å². The second-order valence-electron chi connectivity index (χ2n) is 3.77. The number of nitrogens with two attached hydrogens (primary N) is 1. The lowest BCUT2D eigenvalue weighted by atomic mass is 10.2. The molecule has 0 bridgehead atoms. The van der Waals surface area contributed by atoms with Gasteiger partial charge in [0.2, 0.25) is 0 Å². The molecule has 0 amide bonds. The van der Waals surface area contributed by atoms with E-state index in [9.17, 15) is 0 Å². The zero-order valence-corrected chi connectivity index (χ0v) is 10.3. The molecule has 0 spiro atoms. The molecular formula is C12H20N2O3. The molecule has 0 saturated carbocycles. The molecule has 1 unspecified atom stereocenters. The summed E-state index contributed by atoms with van der Waals surface area (Å²) in [5.74, 6) is 0.634. The first-order chi connectivity index (χ1) is 8.21. The van der Waals surface area contributed by atoms with Crippen molar-refractivity contribution in [3.63, 3.8) is 0 Å². The minimum Gasteiger partial charge on any atom is -0.495 e. The Kier molecular flexibility index (Phi) is 5.59. The van der Waals surface area contributed by atoms with Gasteiger partial charge in [-0.25, -0.2) is 0 Å². The number of anilines is 2. The number of hydrogen-bond acceptors (Lipinski definition) is 5. The highest BCUT2D eigenvalue weighted by Gasteiger charge is 2.09. The highest BCUT2D eigenvalue weighted by molar-refractivity contribution is 5.61. The zero-order valence-electron chi connectivity index (χ0n) is 10.3. The lowest BCUT2D eigenvalue weighted by Crippen LogP contribution is -2.26. The number of ether oxygens (including phenoxy) is 2. The van der Waals surface area contributed by atoms with Crippen LogP contribution in [-0.4, -0.2) is 38.6 Å². The summed E-state index contributed by atoms with van der Waals surface area (Å²) < 4.78 is 10.2. The molecule has 5 heteroatoms. The number of aliphatic hydroxyl groups excluding tert-OH is 1. The second kappa shape index (κ2) is 6.98. The van der Waals surface area contributed by atoms with E-state index in [1.165, 1.54) is 0 Å². The van der Waals surface area contributed by atoms with E-state index in [1.54, 1.807) is 20.3 Å². The van der Waals surface area contributed by atoms with Crippen molar-refractivity contribution >= 4 is 11.4 Å². The van der Waals surface area contributed by atoms with Crippen LogP contribution < -0.4 is 15.8 Å². The minimum absolute atomic E-state index is 0.0679. The Morgan fingerprint density at radius 2 is 2.18 bits per heavy atom. The molecule has 0 saturated heterocycles. The van der Waals surface area contributed by atoms with Crippen LogP contribution in [0.2, 0.25) is 0 Å². The standard InChI is InChI=1S/C12H20N2O3/c1-16-8-10(5-6-15)14-9-3-4-11(13)12(7-9)17-2/h3-4,7,10,14-15H,5-6,8,13H2,1-2H3. The predicted molar refractivity (Wildman–Crippen MR) is 68.4 cm³/mol. The van der Waals surface area contributed by atoms with Crippen LogP contribution in [0, 0.1) is 0 Å². The van der Waals surface area contributed by atoms with E-state index < -0.39 is 0 Å². The number of nitrogen functional groups attached to an aromatic ring is 1. The molecule has 0 aliphatic rings. The number of benzene rings is 1. The van der Waals surface area contributed by atoms with E-state index in [4.69, 9.17) is 20.3 Å². The van der Waals surface area contributed by atoms with Crippen molar-refractivity contribution in [1.82, 2.24) is 0 Å². The van der Waals surface area contributed by atoms with Gasteiger partial charge in [-0.3, -0.25) is 0 Å². The maximum absolute atomic E-state index is 8.95. The summed E-state index contributed by atoms with van der Waals surface area (Å²) in [6, 6.07) is 5.55. The van der Waals surface area contributed by atoms with Gasteiger partial charge < -0.3 is 25.6 Å². The molecule has 5 nitrogen and oxygen atoms in total. The quantitative estimate of drug-likeness (QED) is 0.622. The molecule has 1 atom stereocenters. The molecule has 1 rings (SSSR count). The summed E-state index contributed by atoms with van der Waals surface area (Å²) in [6.45, 7) is 0.653. The molecule has 17 heavy (non-hydrogen) atoms. The Morgan fingerprint density at radius 3 is 2.76 bits per heavy atom. The second-order valence-corrected chi connectivity index (χ2v) is 3.77. The zero-order chi connectivity index (χ0) is 12.7. The average Bonchev–Trinajstić information content (AvgIpc) is 2.32. The lowest BCUT2D eigenvalue weighted by Gasteiger charge is -2.18. The van der Waals surface area contributed by atoms with E-state index in [0.29, 0.717) is 24.5 Å². The molecule has 0 aromatic heterocycles. The Hall–Kier alpha value is -1.46. The molecule has 1 aromatic carbocycles. The summed E-state index contributed by atoms with van der Waals surface area (Å²) in [4.78, 5) is 0. The Bertz CT molecular complexity index is 339. The van der Waals surface area contributed by atoms with Crippen LogP contribution in [0.4, 0.5) is 11.4 Å². The number of rotatable bonds is 7. The van der Waals surface area contributed by atoms with Crippen LogP contribution in [0.15, 0.2) is 18.2 Å². The van der Waals surface area contributed by atoms with Crippen molar-refractivity contribution < 1.29 is 14.6 Å². The first-order valence-corrected chi connectivity index (χ1v) is 5.51. The SMILES string of the molecule is COCC(CCO)Nc1ccc(N)c(OC)c1. The van der Waals surface area contributed by atoms with E-state index in [0.717, 1.165) is 5.69 Å². The van der Waals surface area contributed by atoms with Crippen LogP contribution in [0.5, 0.6) is 5.75 Å². The summed E-state index contributed by atoms with van der Waals surface area (Å²) >= 11 is 0. The molecule has 4 N–H and O–H groups in total. The molecule has 0 fully saturated rings. The summed E-state index contributed by atoms with van der Waals surface area (Å²) in [5, 5.41) is 12.2. The highest BCUT2D eigenvalue weighted by Crippen LogP contribution is 2.25. The lowest BCUT2D eigenvalue weighted by molar-refractivity contribution is 0.170. The van der Waals surface area contributed by atoms with Gasteiger partial charge in [-0.2, -0.15) is 0 Å². The van der Waals surface area contributed by atoms with Gasteiger partial charge in [0.15, 0.2) is 0 Å². The van der Waals surface area contributed by atoms with Crippen molar-refractivity contribution in [2.75, 3.05) is 38.5 Å². The molecule has 0 aliphatic heterocycles. The molecule has 0 radical (unpaired) electrons. The van der Waals surface area contributed by atoms with Gasteiger partial charge in [0, 0.05) is 25.5 Å². The van der Waals surface area contributed by atoms with Crippen LogP contribution in [-0.2, 0) is 4.74 Å². The largest absolute Gasteiger partial charge is 0.495 e. The Morgan fingerprint density at radius 1 is 1.41 bits per heavy atom. The third-order valence-corrected chi connectivity index (χ3v) is 2.45. The maximum Gasteiger partial charge on any atom is 0.143 e. The van der Waals surface area contributed by atoms with Crippen LogP contribution in [0.25, 0.3) is 0 Å². The Labute approximate surface area is 102 Å². The van der Waals surface area contributed by atoms with E-state index in [2.05, 4.69) is 5.32 Å². The molecule has 1 aromatic rings. The van der Waals surface area contributed by atoms with Crippen molar-refractivity contribution in [2.45, 2.75) is 12.5 Å². The highest BCUT2D eigenvalue weighted by atomic mass is 16.5. The fraction of sp³-hybridized carbons (Fsp3) is 0.500. The van der Waals surface area contributed by atoms with Gasteiger partial charge in [-0.05, 0) is 18.6 Å². The third-order valence-electron chi connectivity index (χ3n) is 2.45. The number of methoxy groups -OCH3 is 2. The topological polar surface area (TPSA) is 76.7 Å². The average molecular weight is 240 g/mol. The number of aliphatic hydroxyl groups is 1. The van der Waals surface area contributed by atoms with E-state index >= 15 is 0 Å². The molecule has 0 aliphatic carbocycles. The fourth-order valence-electron chi connectivity index (χ4n) is 1.59. The van der Waals surface area contributed by atoms with Gasteiger partial charge in [0.1, 0.15) is 5.75 Å². The van der Waals surface area contributed by atoms with Crippen molar-refractivity contribution in [1.29, 1.82) is 0 Å². The van der Waals surface area contributed by atoms with E-state index in [-0.39, 0.29) is 12.6 Å². The van der Waals surface area contributed by atoms with Crippen molar-refractivity contribution in [2.24, 2.45) is 0 Å². The molecular weight excluding hydrogens is 220 g/mol. The first kappa shape index (κ1) is 13.6. The van der Waals surface area contributed by atoms with Gasteiger partial charge in [0.05, 0.1) is 25.4 Å². The normalized spacial score (nSPS) is 12.2. The van der Waals surface area contributed by atoms with E-state index in [1.807, 2.05) is 12.1 Å². The minimum atomic E-state index is 0.0679.